The molecule has 33 heavy (non-hydrogen) atoms. The highest BCUT2D eigenvalue weighted by Crippen LogP contribution is 2.34. The van der Waals surface area contributed by atoms with Crippen molar-refractivity contribution in [1.29, 1.82) is 0 Å². The average molecular weight is 471 g/mol. The molecule has 0 unspecified atom stereocenters. The van der Waals surface area contributed by atoms with Crippen LogP contribution in [0.5, 0.6) is 11.5 Å². The number of carbonyl (C=O) groups is 1. The van der Waals surface area contributed by atoms with Crippen LogP contribution in [0.1, 0.15) is 31.5 Å². The zero-order chi connectivity index (χ0) is 23.0. The number of benzene rings is 2. The van der Waals surface area contributed by atoms with Gasteiger partial charge < -0.3 is 19.4 Å². The molecular formula is C23H26N4O5S. The largest absolute Gasteiger partial charge is 0.454 e. The predicted octanol–water partition coefficient (Wildman–Crippen LogP) is 3.05. The Morgan fingerprint density at radius 1 is 1.06 bits per heavy atom. The fourth-order valence-electron chi connectivity index (χ4n) is 4.29. The molecule has 0 radical (unpaired) electrons. The van der Waals surface area contributed by atoms with E-state index in [2.05, 4.69) is 10.3 Å². The normalized spacial score (nSPS) is 16.3. The maximum atomic E-state index is 13.0. The number of nitrogens with one attached hydrogen (secondary N) is 1. The molecule has 0 saturated carbocycles. The standard InChI is InChI=1S/C23H26N4O5S/c1-26-19-7-6-17(33(29,30)27-11-3-2-4-12-27)14-18(19)25-22(26)9-10-23(28)24-16-5-8-20-21(13-16)32-15-31-20/h5-8,13-14H,2-4,9-12,15H2,1H3,(H,24,28). The van der Waals surface area contributed by atoms with E-state index in [-0.39, 0.29) is 24.0 Å². The fraction of sp³-hybridized carbons (Fsp3) is 0.391. The van der Waals surface area contributed by atoms with Crippen LogP contribution in [0.25, 0.3) is 11.0 Å². The van der Waals surface area contributed by atoms with Crippen LogP contribution in [0.3, 0.4) is 0 Å². The number of aromatic nitrogens is 2. The molecule has 2 aliphatic heterocycles. The van der Waals surface area contributed by atoms with E-state index in [1.165, 1.54) is 0 Å². The van der Waals surface area contributed by atoms with Crippen molar-refractivity contribution in [2.24, 2.45) is 7.05 Å². The number of hydrogen-bond donors (Lipinski definition) is 1. The van der Waals surface area contributed by atoms with Gasteiger partial charge in [0.1, 0.15) is 5.82 Å². The number of fused-ring (bicyclic) bond motifs is 2. The van der Waals surface area contributed by atoms with Gasteiger partial charge in [0.05, 0.1) is 15.9 Å². The Labute approximate surface area is 192 Å². The molecule has 1 saturated heterocycles. The van der Waals surface area contributed by atoms with Crippen molar-refractivity contribution in [1.82, 2.24) is 13.9 Å². The number of anilines is 1. The molecule has 174 valence electrons. The first-order valence-corrected chi connectivity index (χ1v) is 12.5. The smallest absolute Gasteiger partial charge is 0.243 e. The van der Waals surface area contributed by atoms with Gasteiger partial charge in [0, 0.05) is 44.7 Å². The predicted molar refractivity (Wildman–Crippen MR) is 123 cm³/mol. The van der Waals surface area contributed by atoms with Crippen LogP contribution in [-0.2, 0) is 28.3 Å². The number of aryl methyl sites for hydroxylation is 2. The van der Waals surface area contributed by atoms with E-state index in [0.29, 0.717) is 42.2 Å². The van der Waals surface area contributed by atoms with E-state index in [0.717, 1.165) is 30.6 Å². The van der Waals surface area contributed by atoms with E-state index in [1.807, 2.05) is 11.6 Å². The van der Waals surface area contributed by atoms with Gasteiger partial charge in [-0.2, -0.15) is 4.31 Å². The molecule has 2 aliphatic rings. The van der Waals surface area contributed by atoms with E-state index in [9.17, 15) is 13.2 Å². The highest BCUT2D eigenvalue weighted by Gasteiger charge is 2.26. The Morgan fingerprint density at radius 3 is 2.67 bits per heavy atom. The lowest BCUT2D eigenvalue weighted by molar-refractivity contribution is -0.116. The lowest BCUT2D eigenvalue weighted by Gasteiger charge is -2.25. The monoisotopic (exact) mass is 470 g/mol. The SMILES string of the molecule is Cn1c(CCC(=O)Nc2ccc3c(c2)OCO3)nc2cc(S(=O)(=O)N3CCCCC3)ccc21. The first kappa shape index (κ1) is 21.7. The Bertz CT molecular complexity index is 1310. The van der Waals surface area contributed by atoms with Gasteiger partial charge in [-0.05, 0) is 43.2 Å². The Hall–Kier alpha value is -3.11. The topological polar surface area (TPSA) is 103 Å². The molecule has 1 aromatic heterocycles. The number of rotatable bonds is 6. The van der Waals surface area contributed by atoms with Gasteiger partial charge in [0.25, 0.3) is 0 Å². The third kappa shape index (κ3) is 4.28. The van der Waals surface area contributed by atoms with Crippen molar-refractivity contribution >= 4 is 32.7 Å². The first-order chi connectivity index (χ1) is 15.9. The van der Waals surface area contributed by atoms with Gasteiger partial charge in [-0.15, -0.1) is 0 Å². The van der Waals surface area contributed by atoms with Crippen LogP contribution in [0.4, 0.5) is 5.69 Å². The molecule has 3 aromatic rings. The summed E-state index contributed by atoms with van der Waals surface area (Å²) in [6.07, 6.45) is 3.52. The van der Waals surface area contributed by atoms with Crippen molar-refractivity contribution in [3.8, 4) is 11.5 Å². The molecule has 2 aromatic carbocycles. The Kier molecular flexibility index (Phi) is 5.71. The summed E-state index contributed by atoms with van der Waals surface area (Å²) in [6.45, 7) is 1.30. The third-order valence-electron chi connectivity index (χ3n) is 6.13. The van der Waals surface area contributed by atoms with Crippen LogP contribution >= 0.6 is 0 Å². The van der Waals surface area contributed by atoms with Crippen LogP contribution in [0, 0.1) is 0 Å². The summed E-state index contributed by atoms with van der Waals surface area (Å²) in [5, 5.41) is 2.86. The lowest BCUT2D eigenvalue weighted by atomic mass is 10.2. The van der Waals surface area contributed by atoms with E-state index in [1.54, 1.807) is 40.7 Å². The zero-order valence-corrected chi connectivity index (χ0v) is 19.2. The van der Waals surface area contributed by atoms with Crippen molar-refractivity contribution in [2.75, 3.05) is 25.2 Å². The number of amides is 1. The highest BCUT2D eigenvalue weighted by molar-refractivity contribution is 7.89. The second-order valence-corrected chi connectivity index (χ2v) is 10.3. The molecule has 0 aliphatic carbocycles. The van der Waals surface area contributed by atoms with Crippen LogP contribution in [0.15, 0.2) is 41.3 Å². The van der Waals surface area contributed by atoms with Crippen molar-refractivity contribution in [3.05, 3.63) is 42.2 Å². The molecule has 0 bridgehead atoms. The number of carbonyl (C=O) groups excluding carboxylic acids is 1. The first-order valence-electron chi connectivity index (χ1n) is 11.1. The average Bonchev–Trinajstić information content (AvgIpc) is 3.42. The number of imidazole rings is 1. The molecule has 1 N–H and O–H groups in total. The summed E-state index contributed by atoms with van der Waals surface area (Å²) in [6, 6.07) is 10.3. The third-order valence-corrected chi connectivity index (χ3v) is 8.02. The van der Waals surface area contributed by atoms with Crippen LogP contribution < -0.4 is 14.8 Å². The van der Waals surface area contributed by atoms with Crippen LogP contribution in [0.2, 0.25) is 0 Å². The molecule has 5 rings (SSSR count). The van der Waals surface area contributed by atoms with Crippen molar-refractivity contribution in [3.63, 3.8) is 0 Å². The minimum Gasteiger partial charge on any atom is -0.454 e. The summed E-state index contributed by atoms with van der Waals surface area (Å²) < 4.78 is 40.1. The molecule has 1 amide bonds. The lowest BCUT2D eigenvalue weighted by Crippen LogP contribution is -2.35. The second-order valence-electron chi connectivity index (χ2n) is 8.32. The van der Waals surface area contributed by atoms with Crippen LogP contribution in [-0.4, -0.2) is 48.1 Å². The molecule has 3 heterocycles. The van der Waals surface area contributed by atoms with Gasteiger partial charge in [-0.25, -0.2) is 13.4 Å². The molecule has 9 nitrogen and oxygen atoms in total. The summed E-state index contributed by atoms with van der Waals surface area (Å²) in [7, 11) is -1.65. The molecule has 0 spiro atoms. The quantitative estimate of drug-likeness (QED) is 0.594. The van der Waals surface area contributed by atoms with Gasteiger partial charge in [-0.3, -0.25) is 4.79 Å². The minimum absolute atomic E-state index is 0.144. The van der Waals surface area contributed by atoms with Gasteiger partial charge in [-0.1, -0.05) is 6.42 Å². The van der Waals surface area contributed by atoms with Gasteiger partial charge >= 0.3 is 0 Å². The number of ether oxygens (including phenoxy) is 2. The van der Waals surface area contributed by atoms with Gasteiger partial charge in [0.15, 0.2) is 11.5 Å². The van der Waals surface area contributed by atoms with Crippen molar-refractivity contribution in [2.45, 2.75) is 37.0 Å². The van der Waals surface area contributed by atoms with E-state index >= 15 is 0 Å². The number of hydrogen-bond acceptors (Lipinski definition) is 6. The number of piperidine rings is 1. The summed E-state index contributed by atoms with van der Waals surface area (Å²) in [5.41, 5.74) is 2.09. The van der Waals surface area contributed by atoms with Gasteiger partial charge in [0.2, 0.25) is 22.7 Å². The molecule has 1 fully saturated rings. The Morgan fingerprint density at radius 2 is 1.85 bits per heavy atom. The summed E-state index contributed by atoms with van der Waals surface area (Å²) in [4.78, 5) is 17.4. The summed E-state index contributed by atoms with van der Waals surface area (Å²) >= 11 is 0. The Balaban J connectivity index is 1.28. The maximum absolute atomic E-state index is 13.0. The van der Waals surface area contributed by atoms with Crippen molar-refractivity contribution < 1.29 is 22.7 Å². The zero-order valence-electron chi connectivity index (χ0n) is 18.4. The van der Waals surface area contributed by atoms with E-state index < -0.39 is 10.0 Å². The number of nitrogens with zero attached hydrogens (tertiary/aromatic N) is 3. The maximum Gasteiger partial charge on any atom is 0.243 e. The fourth-order valence-corrected chi connectivity index (χ4v) is 5.83. The number of sulfonamides is 1. The molecule has 10 heteroatoms. The molecular weight excluding hydrogens is 444 g/mol. The van der Waals surface area contributed by atoms with E-state index in [4.69, 9.17) is 9.47 Å². The minimum atomic E-state index is -3.52. The molecule has 0 atom stereocenters. The summed E-state index contributed by atoms with van der Waals surface area (Å²) in [5.74, 6) is 1.85. The second kappa shape index (κ2) is 8.68. The highest BCUT2D eigenvalue weighted by atomic mass is 32.2.